The van der Waals surface area contributed by atoms with Crippen molar-refractivity contribution in [2.75, 3.05) is 13.2 Å². The van der Waals surface area contributed by atoms with Crippen LogP contribution in [0.4, 0.5) is 0 Å². The standard InChI is InChI=1S/C8H14N2O2/c1-4-11-7-6-10(3)8(9-7)12-5-2/h6H,4-5H2,1-3H3. The molecule has 1 rings (SSSR count). The average molecular weight is 170 g/mol. The summed E-state index contributed by atoms with van der Waals surface area (Å²) in [7, 11) is 1.88. The normalized spacial score (nSPS) is 9.92. The third-order valence-corrected chi connectivity index (χ3v) is 1.38. The lowest BCUT2D eigenvalue weighted by Gasteiger charge is -1.99. The predicted octanol–water partition coefficient (Wildman–Crippen LogP) is 1.22. The first-order valence-electron chi connectivity index (χ1n) is 4.06. The summed E-state index contributed by atoms with van der Waals surface area (Å²) in [5, 5.41) is 0. The lowest BCUT2D eigenvalue weighted by atomic mass is 10.8. The van der Waals surface area contributed by atoms with Gasteiger partial charge >= 0.3 is 0 Å². The Hall–Kier alpha value is -1.19. The molecule has 0 bridgehead atoms. The van der Waals surface area contributed by atoms with E-state index in [9.17, 15) is 0 Å². The van der Waals surface area contributed by atoms with Crippen molar-refractivity contribution in [1.29, 1.82) is 0 Å². The third-order valence-electron chi connectivity index (χ3n) is 1.38. The van der Waals surface area contributed by atoms with Gasteiger partial charge in [-0.1, -0.05) is 0 Å². The van der Waals surface area contributed by atoms with Crippen LogP contribution in [0.15, 0.2) is 6.20 Å². The van der Waals surface area contributed by atoms with E-state index in [4.69, 9.17) is 9.47 Å². The van der Waals surface area contributed by atoms with Crippen LogP contribution in [0.1, 0.15) is 13.8 Å². The fourth-order valence-corrected chi connectivity index (χ4v) is 0.903. The number of hydrogen-bond donors (Lipinski definition) is 0. The summed E-state index contributed by atoms with van der Waals surface area (Å²) in [5.41, 5.74) is 0. The fourth-order valence-electron chi connectivity index (χ4n) is 0.903. The van der Waals surface area contributed by atoms with E-state index in [0.29, 0.717) is 25.1 Å². The van der Waals surface area contributed by atoms with Crippen molar-refractivity contribution in [2.45, 2.75) is 13.8 Å². The molecule has 4 heteroatoms. The fraction of sp³-hybridized carbons (Fsp3) is 0.625. The van der Waals surface area contributed by atoms with Crippen LogP contribution in [0.25, 0.3) is 0 Å². The molecular weight excluding hydrogens is 156 g/mol. The minimum Gasteiger partial charge on any atom is -0.477 e. The summed E-state index contributed by atoms with van der Waals surface area (Å²) in [6.07, 6.45) is 1.80. The summed E-state index contributed by atoms with van der Waals surface area (Å²) < 4.78 is 12.2. The average Bonchev–Trinajstić information content (AvgIpc) is 2.34. The molecule has 1 aromatic heterocycles. The minimum absolute atomic E-state index is 0.598. The summed E-state index contributed by atoms with van der Waals surface area (Å²) in [5.74, 6) is 0.614. The molecule has 0 atom stereocenters. The van der Waals surface area contributed by atoms with Crippen molar-refractivity contribution in [3.05, 3.63) is 6.20 Å². The van der Waals surface area contributed by atoms with Crippen LogP contribution in [0.2, 0.25) is 0 Å². The van der Waals surface area contributed by atoms with Gasteiger partial charge in [0, 0.05) is 7.05 Å². The summed E-state index contributed by atoms with van der Waals surface area (Å²) in [6, 6.07) is 0.598. The molecule has 0 aliphatic rings. The molecule has 0 spiro atoms. The molecule has 4 nitrogen and oxygen atoms in total. The molecule has 0 amide bonds. The van der Waals surface area contributed by atoms with Crippen molar-refractivity contribution in [2.24, 2.45) is 7.05 Å². The molecule has 0 saturated carbocycles. The Morgan fingerprint density at radius 2 is 2.00 bits per heavy atom. The molecule has 12 heavy (non-hydrogen) atoms. The van der Waals surface area contributed by atoms with Gasteiger partial charge in [0.25, 0.3) is 6.01 Å². The maximum absolute atomic E-state index is 5.24. The zero-order valence-electron chi connectivity index (χ0n) is 7.70. The third kappa shape index (κ3) is 1.90. The Kier molecular flexibility index (Phi) is 2.96. The highest BCUT2D eigenvalue weighted by atomic mass is 16.5. The smallest absolute Gasteiger partial charge is 0.299 e. The molecule has 1 aromatic rings. The van der Waals surface area contributed by atoms with Gasteiger partial charge < -0.3 is 14.0 Å². The van der Waals surface area contributed by atoms with E-state index in [1.165, 1.54) is 0 Å². The second-order valence-electron chi connectivity index (χ2n) is 2.34. The number of nitrogens with zero attached hydrogens (tertiary/aromatic N) is 2. The number of aryl methyl sites for hydroxylation is 1. The Morgan fingerprint density at radius 1 is 1.33 bits per heavy atom. The highest BCUT2D eigenvalue weighted by Gasteiger charge is 2.04. The molecule has 0 aromatic carbocycles. The first-order valence-corrected chi connectivity index (χ1v) is 4.06. The van der Waals surface area contributed by atoms with Crippen molar-refractivity contribution in [3.63, 3.8) is 0 Å². The summed E-state index contributed by atoms with van der Waals surface area (Å²) in [6.45, 7) is 5.10. The Bertz CT molecular complexity index is 245. The van der Waals surface area contributed by atoms with Gasteiger partial charge in [-0.05, 0) is 13.8 Å². The SMILES string of the molecule is CCOc1cn(C)c(OCC)n1. The van der Waals surface area contributed by atoms with Gasteiger partial charge in [-0.3, -0.25) is 0 Å². The molecular formula is C8H14N2O2. The van der Waals surface area contributed by atoms with Gasteiger partial charge in [0.2, 0.25) is 5.88 Å². The zero-order valence-corrected chi connectivity index (χ0v) is 7.70. The zero-order chi connectivity index (χ0) is 8.97. The molecule has 0 N–H and O–H groups in total. The molecule has 1 heterocycles. The maximum Gasteiger partial charge on any atom is 0.299 e. The van der Waals surface area contributed by atoms with Crippen LogP contribution in [0.5, 0.6) is 11.9 Å². The molecule has 0 unspecified atom stereocenters. The van der Waals surface area contributed by atoms with E-state index in [0.717, 1.165) is 0 Å². The molecule has 0 saturated heterocycles. The number of imidazole rings is 1. The van der Waals surface area contributed by atoms with E-state index in [2.05, 4.69) is 4.98 Å². The highest BCUT2D eigenvalue weighted by Crippen LogP contribution is 2.15. The van der Waals surface area contributed by atoms with Crippen LogP contribution in [-0.2, 0) is 7.05 Å². The van der Waals surface area contributed by atoms with Crippen LogP contribution in [0.3, 0.4) is 0 Å². The molecule has 0 radical (unpaired) electrons. The van der Waals surface area contributed by atoms with Gasteiger partial charge in [-0.2, -0.15) is 4.98 Å². The van der Waals surface area contributed by atoms with Crippen LogP contribution >= 0.6 is 0 Å². The second kappa shape index (κ2) is 3.99. The van der Waals surface area contributed by atoms with Gasteiger partial charge in [-0.25, -0.2) is 0 Å². The Labute approximate surface area is 72.1 Å². The minimum atomic E-state index is 0.598. The van der Waals surface area contributed by atoms with Crippen molar-refractivity contribution >= 4 is 0 Å². The van der Waals surface area contributed by atoms with Crippen molar-refractivity contribution < 1.29 is 9.47 Å². The lowest BCUT2D eigenvalue weighted by molar-refractivity contribution is 0.294. The van der Waals surface area contributed by atoms with E-state index >= 15 is 0 Å². The molecule has 0 fully saturated rings. The first kappa shape index (κ1) is 8.90. The monoisotopic (exact) mass is 170 g/mol. The lowest BCUT2D eigenvalue weighted by Crippen LogP contribution is -1.98. The van der Waals surface area contributed by atoms with Gasteiger partial charge in [0.15, 0.2) is 0 Å². The topological polar surface area (TPSA) is 36.3 Å². The number of ether oxygens (including phenoxy) is 2. The largest absolute Gasteiger partial charge is 0.477 e. The first-order chi connectivity index (χ1) is 5.77. The Morgan fingerprint density at radius 3 is 2.58 bits per heavy atom. The summed E-state index contributed by atoms with van der Waals surface area (Å²) >= 11 is 0. The van der Waals surface area contributed by atoms with E-state index in [1.54, 1.807) is 10.8 Å². The van der Waals surface area contributed by atoms with Crippen LogP contribution < -0.4 is 9.47 Å². The van der Waals surface area contributed by atoms with E-state index in [1.807, 2.05) is 20.9 Å². The highest BCUT2D eigenvalue weighted by molar-refractivity contribution is 5.13. The van der Waals surface area contributed by atoms with Crippen molar-refractivity contribution in [3.8, 4) is 11.9 Å². The van der Waals surface area contributed by atoms with E-state index < -0.39 is 0 Å². The molecule has 0 aliphatic heterocycles. The Balaban J connectivity index is 2.70. The maximum atomic E-state index is 5.24. The van der Waals surface area contributed by atoms with Crippen LogP contribution in [-0.4, -0.2) is 22.8 Å². The van der Waals surface area contributed by atoms with E-state index in [-0.39, 0.29) is 0 Å². The van der Waals surface area contributed by atoms with Gasteiger partial charge in [0.1, 0.15) is 0 Å². The predicted molar refractivity (Wildman–Crippen MR) is 45.5 cm³/mol. The summed E-state index contributed by atoms with van der Waals surface area (Å²) in [4.78, 5) is 4.11. The van der Waals surface area contributed by atoms with Gasteiger partial charge in [0.05, 0.1) is 19.4 Å². The number of rotatable bonds is 4. The van der Waals surface area contributed by atoms with Crippen molar-refractivity contribution in [1.82, 2.24) is 9.55 Å². The quantitative estimate of drug-likeness (QED) is 0.681. The van der Waals surface area contributed by atoms with Gasteiger partial charge in [-0.15, -0.1) is 0 Å². The molecule has 68 valence electrons. The van der Waals surface area contributed by atoms with Crippen LogP contribution in [0, 0.1) is 0 Å². The number of aromatic nitrogens is 2. The number of hydrogen-bond acceptors (Lipinski definition) is 3. The molecule has 0 aliphatic carbocycles. The second-order valence-corrected chi connectivity index (χ2v) is 2.34.